The number of benzene rings is 2. The lowest BCUT2D eigenvalue weighted by molar-refractivity contribution is 0.0957. The van der Waals surface area contributed by atoms with Crippen molar-refractivity contribution in [2.24, 2.45) is 5.92 Å². The standard InChI is InChI=1S/C25H24N4O/c30-24(15-18-5-4-14-29(17-18)21-6-2-1-3-7-21)20-8-9-23-22(16-20)25(28-27-23)19-10-12-26-13-11-19/h1-3,6-13,16,18H,4-5,14-15,17H2,(H,27,28)/t18-/m0/s1. The maximum absolute atomic E-state index is 13.1. The molecule has 1 saturated heterocycles. The van der Waals surface area contributed by atoms with Crippen molar-refractivity contribution in [2.45, 2.75) is 19.3 Å². The highest BCUT2D eigenvalue weighted by Crippen LogP contribution is 2.29. The summed E-state index contributed by atoms with van der Waals surface area (Å²) in [5.74, 6) is 0.588. The van der Waals surface area contributed by atoms with Crippen LogP contribution in [0.15, 0.2) is 73.1 Å². The SMILES string of the molecule is O=C(C[C@@H]1CCCN(c2ccccc2)C1)c1ccc2[nH]nc(-c3ccncc3)c2c1. The summed E-state index contributed by atoms with van der Waals surface area (Å²) in [6.07, 6.45) is 6.32. The van der Waals surface area contributed by atoms with E-state index in [1.165, 1.54) is 5.69 Å². The molecule has 0 saturated carbocycles. The molecule has 0 bridgehead atoms. The Hall–Kier alpha value is -3.47. The topological polar surface area (TPSA) is 61.9 Å². The molecule has 5 rings (SSSR count). The second kappa shape index (κ2) is 8.11. The van der Waals surface area contributed by atoms with Crippen LogP contribution in [0.3, 0.4) is 0 Å². The van der Waals surface area contributed by atoms with Gasteiger partial charge in [-0.25, -0.2) is 0 Å². The number of piperidine rings is 1. The molecule has 150 valence electrons. The molecular weight excluding hydrogens is 372 g/mol. The molecule has 0 spiro atoms. The second-order valence-electron chi connectivity index (χ2n) is 7.99. The molecule has 5 nitrogen and oxygen atoms in total. The normalized spacial score (nSPS) is 16.7. The van der Waals surface area contributed by atoms with Gasteiger partial charge in [0.2, 0.25) is 0 Å². The lowest BCUT2D eigenvalue weighted by atomic mass is 9.90. The van der Waals surface area contributed by atoms with Gasteiger partial charge >= 0.3 is 0 Å². The van der Waals surface area contributed by atoms with Crippen molar-refractivity contribution >= 4 is 22.4 Å². The Morgan fingerprint density at radius 1 is 1.07 bits per heavy atom. The summed E-state index contributed by atoms with van der Waals surface area (Å²) in [6, 6.07) is 20.2. The number of ketones is 1. The minimum atomic E-state index is 0.207. The highest BCUT2D eigenvalue weighted by atomic mass is 16.1. The largest absolute Gasteiger partial charge is 0.371 e. The summed E-state index contributed by atoms with van der Waals surface area (Å²) < 4.78 is 0. The number of Topliss-reactive ketones (excluding diaryl/α,β-unsaturated/α-hetero) is 1. The zero-order chi connectivity index (χ0) is 20.3. The number of nitrogens with zero attached hydrogens (tertiary/aromatic N) is 3. The van der Waals surface area contributed by atoms with Crippen LogP contribution in [0.5, 0.6) is 0 Å². The molecule has 0 amide bonds. The number of carbonyl (C=O) groups excluding carboxylic acids is 1. The van der Waals surface area contributed by atoms with Crippen LogP contribution in [-0.2, 0) is 0 Å². The van der Waals surface area contributed by atoms with E-state index in [-0.39, 0.29) is 5.78 Å². The van der Waals surface area contributed by atoms with E-state index in [2.05, 4.69) is 44.3 Å². The number of hydrogen-bond donors (Lipinski definition) is 1. The lowest BCUT2D eigenvalue weighted by Crippen LogP contribution is -2.36. The van der Waals surface area contributed by atoms with Crippen LogP contribution < -0.4 is 4.90 Å². The molecule has 3 heterocycles. The van der Waals surface area contributed by atoms with Crippen molar-refractivity contribution in [2.75, 3.05) is 18.0 Å². The van der Waals surface area contributed by atoms with Crippen molar-refractivity contribution in [1.82, 2.24) is 15.2 Å². The summed E-state index contributed by atoms with van der Waals surface area (Å²) >= 11 is 0. The van der Waals surface area contributed by atoms with E-state index >= 15 is 0 Å². The summed E-state index contributed by atoms with van der Waals surface area (Å²) in [7, 11) is 0. The first kappa shape index (κ1) is 18.6. The Kier molecular flexibility index (Phi) is 5.01. The molecule has 1 fully saturated rings. The van der Waals surface area contributed by atoms with E-state index in [0.29, 0.717) is 12.3 Å². The first-order valence-electron chi connectivity index (χ1n) is 10.5. The Bertz CT molecular complexity index is 1150. The van der Waals surface area contributed by atoms with Crippen LogP contribution in [0.25, 0.3) is 22.2 Å². The second-order valence-corrected chi connectivity index (χ2v) is 7.99. The average molecular weight is 396 g/mol. The third-order valence-electron chi connectivity index (χ3n) is 5.95. The van der Waals surface area contributed by atoms with Gasteiger partial charge in [-0.2, -0.15) is 5.10 Å². The minimum absolute atomic E-state index is 0.207. The van der Waals surface area contributed by atoms with Gasteiger partial charge in [-0.1, -0.05) is 18.2 Å². The molecule has 2 aromatic heterocycles. The van der Waals surface area contributed by atoms with Gasteiger partial charge < -0.3 is 4.90 Å². The third-order valence-corrected chi connectivity index (χ3v) is 5.95. The predicted octanol–water partition coefficient (Wildman–Crippen LogP) is 5.11. The molecule has 1 atom stereocenters. The van der Waals surface area contributed by atoms with Crippen LogP contribution in [0.2, 0.25) is 0 Å². The van der Waals surface area contributed by atoms with Crippen molar-refractivity contribution in [3.8, 4) is 11.3 Å². The number of hydrogen-bond acceptors (Lipinski definition) is 4. The third kappa shape index (κ3) is 3.71. The molecule has 30 heavy (non-hydrogen) atoms. The van der Waals surface area contributed by atoms with E-state index in [1.807, 2.05) is 36.4 Å². The van der Waals surface area contributed by atoms with Crippen LogP contribution in [0.1, 0.15) is 29.6 Å². The number of pyridine rings is 1. The zero-order valence-corrected chi connectivity index (χ0v) is 16.8. The number of H-pyrrole nitrogens is 1. The van der Waals surface area contributed by atoms with Gasteiger partial charge in [-0.15, -0.1) is 0 Å². The van der Waals surface area contributed by atoms with E-state index < -0.39 is 0 Å². The number of rotatable bonds is 5. The molecule has 0 radical (unpaired) electrons. The Balaban J connectivity index is 1.35. The highest BCUT2D eigenvalue weighted by molar-refractivity contribution is 6.02. The number of carbonyl (C=O) groups is 1. The van der Waals surface area contributed by atoms with Crippen LogP contribution in [-0.4, -0.2) is 34.1 Å². The van der Waals surface area contributed by atoms with Gasteiger partial charge in [0.05, 0.1) is 5.52 Å². The average Bonchev–Trinajstić information content (AvgIpc) is 3.24. The van der Waals surface area contributed by atoms with Gasteiger partial charge in [0.1, 0.15) is 5.69 Å². The molecule has 0 unspecified atom stereocenters. The number of fused-ring (bicyclic) bond motifs is 1. The van der Waals surface area contributed by atoms with Crippen LogP contribution >= 0.6 is 0 Å². The van der Waals surface area contributed by atoms with Gasteiger partial charge in [0, 0.05) is 54.1 Å². The zero-order valence-electron chi connectivity index (χ0n) is 16.8. The van der Waals surface area contributed by atoms with Gasteiger partial charge in [0.25, 0.3) is 0 Å². The Morgan fingerprint density at radius 2 is 1.90 bits per heavy atom. The fourth-order valence-electron chi connectivity index (χ4n) is 4.40. The van der Waals surface area contributed by atoms with Crippen LogP contribution in [0.4, 0.5) is 5.69 Å². The van der Waals surface area contributed by atoms with Gasteiger partial charge in [-0.05, 0) is 61.2 Å². The predicted molar refractivity (Wildman–Crippen MR) is 120 cm³/mol. The van der Waals surface area contributed by atoms with E-state index in [9.17, 15) is 4.79 Å². The van der Waals surface area contributed by atoms with Crippen molar-refractivity contribution in [3.05, 3.63) is 78.6 Å². The van der Waals surface area contributed by atoms with Gasteiger partial charge in [0.15, 0.2) is 5.78 Å². The molecule has 4 aromatic rings. The monoisotopic (exact) mass is 396 g/mol. The molecule has 5 heteroatoms. The molecule has 1 aliphatic heterocycles. The first-order chi connectivity index (χ1) is 14.8. The summed E-state index contributed by atoms with van der Waals surface area (Å²) in [4.78, 5) is 19.6. The number of aromatic amines is 1. The van der Waals surface area contributed by atoms with E-state index in [0.717, 1.165) is 53.7 Å². The smallest absolute Gasteiger partial charge is 0.163 e. The molecule has 1 aliphatic rings. The summed E-state index contributed by atoms with van der Waals surface area (Å²) in [5, 5.41) is 8.50. The van der Waals surface area contributed by atoms with Gasteiger partial charge in [-0.3, -0.25) is 14.9 Å². The number of aromatic nitrogens is 3. The number of nitrogens with one attached hydrogen (secondary N) is 1. The molecular formula is C25H24N4O. The first-order valence-corrected chi connectivity index (χ1v) is 10.5. The molecule has 2 aromatic carbocycles. The molecule has 0 aliphatic carbocycles. The van der Waals surface area contributed by atoms with E-state index in [4.69, 9.17) is 0 Å². The van der Waals surface area contributed by atoms with Crippen molar-refractivity contribution < 1.29 is 4.79 Å². The highest BCUT2D eigenvalue weighted by Gasteiger charge is 2.23. The molecule has 1 N–H and O–H groups in total. The summed E-state index contributed by atoms with van der Waals surface area (Å²) in [6.45, 7) is 2.00. The number of para-hydroxylation sites is 1. The quantitative estimate of drug-likeness (QED) is 0.476. The number of anilines is 1. The van der Waals surface area contributed by atoms with Crippen molar-refractivity contribution in [1.29, 1.82) is 0 Å². The lowest BCUT2D eigenvalue weighted by Gasteiger charge is -2.34. The summed E-state index contributed by atoms with van der Waals surface area (Å²) in [5.41, 5.74) is 4.79. The Labute approximate surface area is 175 Å². The van der Waals surface area contributed by atoms with E-state index in [1.54, 1.807) is 12.4 Å². The fourth-order valence-corrected chi connectivity index (χ4v) is 4.40. The van der Waals surface area contributed by atoms with Crippen molar-refractivity contribution in [3.63, 3.8) is 0 Å². The fraction of sp³-hybridized carbons (Fsp3) is 0.240. The maximum Gasteiger partial charge on any atom is 0.163 e. The van der Waals surface area contributed by atoms with Crippen LogP contribution in [0, 0.1) is 5.92 Å². The maximum atomic E-state index is 13.1. The minimum Gasteiger partial charge on any atom is -0.371 e. The Morgan fingerprint density at radius 3 is 2.73 bits per heavy atom.